The minimum atomic E-state index is 0. The number of methoxy groups -OCH3 is 1. The third kappa shape index (κ3) is 9.43. The molecule has 7 nitrogen and oxygen atoms in total. The summed E-state index contributed by atoms with van der Waals surface area (Å²) in [6, 6.07) is 11.9. The predicted molar refractivity (Wildman–Crippen MR) is 122 cm³/mol. The molecule has 2 N–H and O–H groups in total. The second-order valence-corrected chi connectivity index (χ2v) is 6.15. The van der Waals surface area contributed by atoms with Crippen molar-refractivity contribution in [1.29, 1.82) is 0 Å². The van der Waals surface area contributed by atoms with Gasteiger partial charge in [0.25, 0.3) is 0 Å². The molecule has 0 saturated carbocycles. The molecule has 1 aromatic heterocycles. The molecule has 156 valence electrons. The van der Waals surface area contributed by atoms with Crippen molar-refractivity contribution < 1.29 is 13.9 Å². The maximum Gasteiger partial charge on any atom is 0.191 e. The van der Waals surface area contributed by atoms with E-state index in [-0.39, 0.29) is 24.0 Å². The van der Waals surface area contributed by atoms with Crippen molar-refractivity contribution in [3.05, 3.63) is 54.0 Å². The van der Waals surface area contributed by atoms with E-state index in [1.54, 1.807) is 20.4 Å². The third-order valence-corrected chi connectivity index (χ3v) is 4.01. The van der Waals surface area contributed by atoms with E-state index in [4.69, 9.17) is 13.9 Å². The zero-order valence-corrected chi connectivity index (χ0v) is 19.1. The normalized spacial score (nSPS) is 11.2. The highest BCUT2D eigenvalue weighted by Gasteiger charge is 2.03. The number of furan rings is 1. The van der Waals surface area contributed by atoms with Gasteiger partial charge < -0.3 is 29.4 Å². The van der Waals surface area contributed by atoms with Crippen LogP contribution in [0.3, 0.4) is 0 Å². The number of guanidine groups is 1. The number of nitrogens with one attached hydrogen (secondary N) is 2. The smallest absolute Gasteiger partial charge is 0.191 e. The van der Waals surface area contributed by atoms with Gasteiger partial charge in [-0.1, -0.05) is 12.1 Å². The first-order chi connectivity index (χ1) is 13.2. The lowest BCUT2D eigenvalue weighted by atomic mass is 10.2. The first-order valence-electron chi connectivity index (χ1n) is 9.07. The molecule has 0 aliphatic rings. The summed E-state index contributed by atoms with van der Waals surface area (Å²) >= 11 is 0. The summed E-state index contributed by atoms with van der Waals surface area (Å²) in [5, 5.41) is 6.51. The van der Waals surface area contributed by atoms with Gasteiger partial charge in [0.2, 0.25) is 0 Å². The molecule has 28 heavy (non-hydrogen) atoms. The Morgan fingerprint density at radius 2 is 1.89 bits per heavy atom. The molecule has 2 rings (SSSR count). The van der Waals surface area contributed by atoms with Crippen LogP contribution in [0.15, 0.2) is 52.1 Å². The minimum Gasteiger partial charge on any atom is -0.492 e. The predicted octanol–water partition coefficient (Wildman–Crippen LogP) is 2.72. The van der Waals surface area contributed by atoms with Crippen LogP contribution in [0.25, 0.3) is 0 Å². The number of benzene rings is 1. The Balaban J connectivity index is 0.00000392. The Morgan fingerprint density at radius 1 is 1.11 bits per heavy atom. The molecular weight excluding hydrogens is 471 g/mol. The Bertz CT molecular complexity index is 680. The van der Waals surface area contributed by atoms with E-state index in [1.807, 2.05) is 30.3 Å². The van der Waals surface area contributed by atoms with Gasteiger partial charge in [-0.15, -0.1) is 24.0 Å². The SMILES string of the molecule is CN=C(NCc1cccc(OCCN(C)CCOC)c1)NCc1ccco1.I. The fourth-order valence-corrected chi connectivity index (χ4v) is 2.41. The van der Waals surface area contributed by atoms with Crippen LogP contribution in [0.4, 0.5) is 0 Å². The lowest BCUT2D eigenvalue weighted by Gasteiger charge is -2.16. The van der Waals surface area contributed by atoms with Crippen molar-refractivity contribution >= 4 is 29.9 Å². The molecule has 0 bridgehead atoms. The quantitative estimate of drug-likeness (QED) is 0.280. The number of nitrogens with zero attached hydrogens (tertiary/aromatic N) is 2. The van der Waals surface area contributed by atoms with E-state index in [1.165, 1.54) is 0 Å². The number of hydrogen-bond donors (Lipinski definition) is 2. The summed E-state index contributed by atoms with van der Waals surface area (Å²) in [5.74, 6) is 2.45. The molecule has 0 aliphatic heterocycles. The van der Waals surface area contributed by atoms with Crippen LogP contribution >= 0.6 is 24.0 Å². The molecule has 0 aliphatic carbocycles. The molecule has 0 atom stereocenters. The van der Waals surface area contributed by atoms with E-state index in [0.717, 1.165) is 42.7 Å². The minimum absolute atomic E-state index is 0. The lowest BCUT2D eigenvalue weighted by Crippen LogP contribution is -2.36. The number of aliphatic imine (C=N–C) groups is 1. The molecule has 0 amide bonds. The van der Waals surface area contributed by atoms with Gasteiger partial charge >= 0.3 is 0 Å². The number of halogens is 1. The monoisotopic (exact) mass is 502 g/mol. The first-order valence-corrected chi connectivity index (χ1v) is 9.07. The van der Waals surface area contributed by atoms with E-state index in [2.05, 4.69) is 33.6 Å². The zero-order valence-electron chi connectivity index (χ0n) is 16.8. The van der Waals surface area contributed by atoms with Gasteiger partial charge in [0.05, 0.1) is 19.4 Å². The molecule has 0 radical (unpaired) electrons. The Labute approximate surface area is 184 Å². The summed E-state index contributed by atoms with van der Waals surface area (Å²) in [4.78, 5) is 6.41. The van der Waals surface area contributed by atoms with E-state index in [0.29, 0.717) is 19.7 Å². The van der Waals surface area contributed by atoms with E-state index in [9.17, 15) is 0 Å². The molecule has 0 spiro atoms. The zero-order chi connectivity index (χ0) is 19.3. The summed E-state index contributed by atoms with van der Waals surface area (Å²) in [6.07, 6.45) is 1.66. The first kappa shape index (κ1) is 24.3. The maximum atomic E-state index is 5.86. The van der Waals surface area contributed by atoms with Crippen molar-refractivity contribution in [3.63, 3.8) is 0 Å². The van der Waals surface area contributed by atoms with Crippen LogP contribution in [0.5, 0.6) is 5.75 Å². The highest BCUT2D eigenvalue weighted by Crippen LogP contribution is 2.13. The molecule has 0 saturated heterocycles. The summed E-state index contributed by atoms with van der Waals surface area (Å²) in [6.45, 7) is 4.37. The second-order valence-electron chi connectivity index (χ2n) is 6.15. The number of ether oxygens (including phenoxy) is 2. The molecule has 1 heterocycles. The van der Waals surface area contributed by atoms with Crippen molar-refractivity contribution in [3.8, 4) is 5.75 Å². The highest BCUT2D eigenvalue weighted by molar-refractivity contribution is 14.0. The van der Waals surface area contributed by atoms with Gasteiger partial charge in [-0.25, -0.2) is 0 Å². The maximum absolute atomic E-state index is 5.86. The lowest BCUT2D eigenvalue weighted by molar-refractivity contribution is 0.150. The number of hydrogen-bond acceptors (Lipinski definition) is 5. The number of rotatable bonds is 11. The van der Waals surface area contributed by atoms with Gasteiger partial charge in [-0.05, 0) is 36.9 Å². The summed E-state index contributed by atoms with van der Waals surface area (Å²) < 4.78 is 16.2. The van der Waals surface area contributed by atoms with Crippen LogP contribution in [-0.4, -0.2) is 58.4 Å². The van der Waals surface area contributed by atoms with E-state index < -0.39 is 0 Å². The Kier molecular flexibility index (Phi) is 12.3. The summed E-state index contributed by atoms with van der Waals surface area (Å²) in [7, 11) is 5.52. The van der Waals surface area contributed by atoms with E-state index >= 15 is 0 Å². The topological polar surface area (TPSA) is 71.3 Å². The van der Waals surface area contributed by atoms with Crippen molar-refractivity contribution in [2.24, 2.45) is 4.99 Å². The molecule has 0 fully saturated rings. The highest BCUT2D eigenvalue weighted by atomic mass is 127. The van der Waals surface area contributed by atoms with Crippen LogP contribution in [-0.2, 0) is 17.8 Å². The largest absolute Gasteiger partial charge is 0.492 e. The van der Waals surface area contributed by atoms with Gasteiger partial charge in [-0.2, -0.15) is 0 Å². The van der Waals surface area contributed by atoms with Gasteiger partial charge in [0.1, 0.15) is 18.1 Å². The average Bonchev–Trinajstić information content (AvgIpc) is 3.20. The van der Waals surface area contributed by atoms with Gasteiger partial charge in [-0.3, -0.25) is 4.99 Å². The van der Waals surface area contributed by atoms with Crippen molar-refractivity contribution in [2.75, 3.05) is 47.5 Å². The fraction of sp³-hybridized carbons (Fsp3) is 0.450. The molecule has 2 aromatic rings. The Morgan fingerprint density at radius 3 is 2.61 bits per heavy atom. The molecule has 1 aromatic carbocycles. The molecular formula is C20H31IN4O3. The molecule has 8 heteroatoms. The van der Waals surface area contributed by atoms with Gasteiger partial charge in [0, 0.05) is 33.8 Å². The van der Waals surface area contributed by atoms with Crippen molar-refractivity contribution in [2.45, 2.75) is 13.1 Å². The molecule has 0 unspecified atom stereocenters. The summed E-state index contributed by atoms with van der Waals surface area (Å²) in [5.41, 5.74) is 1.13. The van der Waals surface area contributed by atoms with Crippen LogP contribution < -0.4 is 15.4 Å². The van der Waals surface area contributed by atoms with Crippen molar-refractivity contribution in [1.82, 2.24) is 15.5 Å². The second kappa shape index (κ2) is 14.3. The van der Waals surface area contributed by atoms with Crippen LogP contribution in [0.2, 0.25) is 0 Å². The van der Waals surface area contributed by atoms with Crippen LogP contribution in [0.1, 0.15) is 11.3 Å². The third-order valence-electron chi connectivity index (χ3n) is 4.01. The average molecular weight is 502 g/mol. The Hall–Kier alpha value is -1.78. The standard InChI is InChI=1S/C20H30N4O3.HI/c1-21-20(23-16-19-8-5-11-26-19)22-15-17-6-4-7-18(14-17)27-13-10-24(2)9-12-25-3;/h4-8,11,14H,9-10,12-13,15-16H2,1-3H3,(H2,21,22,23);1H. The van der Waals surface area contributed by atoms with Gasteiger partial charge in [0.15, 0.2) is 5.96 Å². The number of likely N-dealkylation sites (N-methyl/N-ethyl adjacent to an activating group) is 1. The fourth-order valence-electron chi connectivity index (χ4n) is 2.41. The van der Waals surface area contributed by atoms with Crippen LogP contribution in [0, 0.1) is 0 Å².